The van der Waals surface area contributed by atoms with Crippen molar-refractivity contribution in [3.8, 4) is 5.75 Å². The molecule has 28 heavy (non-hydrogen) atoms. The SMILES string of the molecule is COCC1CCC(C=CC2CCC(c3ccc(OC(F)(F)F)cc3)CC2)CC1. The van der Waals surface area contributed by atoms with Crippen LogP contribution in [-0.2, 0) is 4.74 Å². The summed E-state index contributed by atoms with van der Waals surface area (Å²) >= 11 is 0. The molecule has 3 rings (SSSR count). The summed E-state index contributed by atoms with van der Waals surface area (Å²) < 4.78 is 46.0. The maximum absolute atomic E-state index is 12.3. The fourth-order valence-corrected chi connectivity index (χ4v) is 4.68. The third-order valence-electron chi connectivity index (χ3n) is 6.31. The van der Waals surface area contributed by atoms with E-state index in [1.54, 1.807) is 19.2 Å². The number of alkyl halides is 3. The number of hydrogen-bond donors (Lipinski definition) is 0. The van der Waals surface area contributed by atoms with Crippen LogP contribution in [0.25, 0.3) is 0 Å². The van der Waals surface area contributed by atoms with E-state index in [4.69, 9.17) is 4.74 Å². The second kappa shape index (κ2) is 9.82. The molecule has 0 spiro atoms. The fourth-order valence-electron chi connectivity index (χ4n) is 4.68. The summed E-state index contributed by atoms with van der Waals surface area (Å²) in [6, 6.07) is 6.41. The molecule has 0 atom stereocenters. The van der Waals surface area contributed by atoms with Gasteiger partial charge in [-0.15, -0.1) is 13.2 Å². The van der Waals surface area contributed by atoms with Crippen LogP contribution < -0.4 is 4.74 Å². The van der Waals surface area contributed by atoms with E-state index < -0.39 is 6.36 Å². The van der Waals surface area contributed by atoms with Gasteiger partial charge in [0, 0.05) is 13.7 Å². The quantitative estimate of drug-likeness (QED) is 0.489. The van der Waals surface area contributed by atoms with Crippen LogP contribution in [-0.4, -0.2) is 20.1 Å². The van der Waals surface area contributed by atoms with Gasteiger partial charge in [0.05, 0.1) is 0 Å². The van der Waals surface area contributed by atoms with Crippen LogP contribution in [0.5, 0.6) is 5.75 Å². The third-order valence-corrected chi connectivity index (χ3v) is 6.31. The molecular weight excluding hydrogens is 365 g/mol. The Labute approximate surface area is 166 Å². The molecular formula is C23H31F3O2. The predicted molar refractivity (Wildman–Crippen MR) is 104 cm³/mol. The van der Waals surface area contributed by atoms with E-state index in [2.05, 4.69) is 16.9 Å². The Kier molecular flexibility index (Phi) is 7.44. The van der Waals surface area contributed by atoms with Gasteiger partial charge in [-0.05, 0) is 92.7 Å². The lowest BCUT2D eigenvalue weighted by Gasteiger charge is -2.29. The smallest absolute Gasteiger partial charge is 0.406 e. The average Bonchev–Trinajstić information content (AvgIpc) is 2.68. The first-order chi connectivity index (χ1) is 13.4. The fraction of sp³-hybridized carbons (Fsp3) is 0.652. The zero-order chi connectivity index (χ0) is 20.0. The van der Waals surface area contributed by atoms with Crippen molar-refractivity contribution in [2.24, 2.45) is 17.8 Å². The van der Waals surface area contributed by atoms with Crippen LogP contribution in [0.3, 0.4) is 0 Å². The summed E-state index contributed by atoms with van der Waals surface area (Å²) in [4.78, 5) is 0. The molecule has 5 heteroatoms. The number of halogens is 3. The summed E-state index contributed by atoms with van der Waals surface area (Å²) in [5.41, 5.74) is 1.12. The number of ether oxygens (including phenoxy) is 2. The Morgan fingerprint density at radius 3 is 1.89 bits per heavy atom. The van der Waals surface area contributed by atoms with Gasteiger partial charge in [-0.3, -0.25) is 0 Å². The van der Waals surface area contributed by atoms with Crippen LogP contribution in [0.1, 0.15) is 62.8 Å². The minimum Gasteiger partial charge on any atom is -0.406 e. The summed E-state index contributed by atoms with van der Waals surface area (Å²) in [5.74, 6) is 2.38. The Morgan fingerprint density at radius 1 is 0.857 bits per heavy atom. The molecule has 0 aromatic heterocycles. The van der Waals surface area contributed by atoms with E-state index in [0.29, 0.717) is 17.8 Å². The van der Waals surface area contributed by atoms with Crippen molar-refractivity contribution in [2.45, 2.75) is 63.6 Å². The molecule has 2 saturated carbocycles. The molecule has 2 fully saturated rings. The molecule has 0 N–H and O–H groups in total. The maximum atomic E-state index is 12.3. The second-order valence-corrected chi connectivity index (χ2v) is 8.35. The molecule has 1 aromatic carbocycles. The first-order valence-electron chi connectivity index (χ1n) is 10.5. The monoisotopic (exact) mass is 396 g/mol. The van der Waals surface area contributed by atoms with Gasteiger partial charge in [0.25, 0.3) is 0 Å². The van der Waals surface area contributed by atoms with E-state index >= 15 is 0 Å². The highest BCUT2D eigenvalue weighted by atomic mass is 19.4. The first-order valence-corrected chi connectivity index (χ1v) is 10.5. The molecule has 0 radical (unpaired) electrons. The molecule has 2 aliphatic carbocycles. The van der Waals surface area contributed by atoms with E-state index in [0.717, 1.165) is 43.8 Å². The van der Waals surface area contributed by atoms with Crippen LogP contribution in [0, 0.1) is 17.8 Å². The van der Waals surface area contributed by atoms with Crippen molar-refractivity contribution in [1.82, 2.24) is 0 Å². The Hall–Kier alpha value is -1.49. The zero-order valence-corrected chi connectivity index (χ0v) is 16.6. The van der Waals surface area contributed by atoms with E-state index in [1.807, 2.05) is 0 Å². The van der Waals surface area contributed by atoms with E-state index in [1.165, 1.54) is 37.8 Å². The highest BCUT2D eigenvalue weighted by molar-refractivity contribution is 5.30. The van der Waals surface area contributed by atoms with Crippen LogP contribution >= 0.6 is 0 Å². The minimum absolute atomic E-state index is 0.145. The van der Waals surface area contributed by atoms with Gasteiger partial charge in [0.15, 0.2) is 0 Å². The lowest BCUT2D eigenvalue weighted by atomic mass is 9.77. The molecule has 156 valence electrons. The predicted octanol–water partition coefficient (Wildman–Crippen LogP) is 6.87. The molecule has 0 aliphatic heterocycles. The van der Waals surface area contributed by atoms with Gasteiger partial charge in [-0.2, -0.15) is 0 Å². The molecule has 0 saturated heterocycles. The summed E-state index contributed by atoms with van der Waals surface area (Å²) in [6.07, 6.45) is 9.81. The van der Waals surface area contributed by atoms with Crippen molar-refractivity contribution < 1.29 is 22.6 Å². The minimum atomic E-state index is -4.63. The van der Waals surface area contributed by atoms with Gasteiger partial charge >= 0.3 is 6.36 Å². The summed E-state index contributed by atoms with van der Waals surface area (Å²) in [6.45, 7) is 0.893. The molecule has 0 unspecified atom stereocenters. The maximum Gasteiger partial charge on any atom is 0.573 e. The van der Waals surface area contributed by atoms with Gasteiger partial charge in [0.2, 0.25) is 0 Å². The molecule has 2 aliphatic rings. The van der Waals surface area contributed by atoms with Crippen molar-refractivity contribution in [1.29, 1.82) is 0 Å². The number of rotatable bonds is 6. The normalized spacial score (nSPS) is 29.1. The number of methoxy groups -OCH3 is 1. The van der Waals surface area contributed by atoms with E-state index in [-0.39, 0.29) is 5.75 Å². The van der Waals surface area contributed by atoms with Crippen molar-refractivity contribution in [2.75, 3.05) is 13.7 Å². The van der Waals surface area contributed by atoms with Crippen molar-refractivity contribution >= 4 is 0 Å². The Bertz CT molecular complexity index is 608. The van der Waals surface area contributed by atoms with Crippen molar-refractivity contribution in [3.05, 3.63) is 42.0 Å². The van der Waals surface area contributed by atoms with Gasteiger partial charge in [-0.25, -0.2) is 0 Å². The second-order valence-electron chi connectivity index (χ2n) is 8.35. The van der Waals surface area contributed by atoms with Crippen LogP contribution in [0.4, 0.5) is 13.2 Å². The average molecular weight is 396 g/mol. The molecule has 0 heterocycles. The topological polar surface area (TPSA) is 18.5 Å². The highest BCUT2D eigenvalue weighted by Crippen LogP contribution is 2.38. The molecule has 0 amide bonds. The Balaban J connectivity index is 1.42. The molecule has 1 aromatic rings. The Morgan fingerprint density at radius 2 is 1.39 bits per heavy atom. The largest absolute Gasteiger partial charge is 0.573 e. The lowest BCUT2D eigenvalue weighted by Crippen LogP contribution is -2.17. The number of benzene rings is 1. The van der Waals surface area contributed by atoms with Crippen LogP contribution in [0.15, 0.2) is 36.4 Å². The van der Waals surface area contributed by atoms with Crippen LogP contribution in [0.2, 0.25) is 0 Å². The third kappa shape index (κ3) is 6.54. The standard InChI is InChI=1S/C23H31F3O2/c1-27-16-19-6-4-17(5-7-19)2-3-18-8-10-20(11-9-18)21-12-14-22(15-13-21)28-23(24,25)26/h2-3,12-15,17-20H,4-11,16H2,1H3. The lowest BCUT2D eigenvalue weighted by molar-refractivity contribution is -0.274. The van der Waals surface area contributed by atoms with Gasteiger partial charge in [-0.1, -0.05) is 24.3 Å². The molecule has 2 nitrogen and oxygen atoms in total. The highest BCUT2D eigenvalue weighted by Gasteiger charge is 2.31. The first kappa shape index (κ1) is 21.2. The van der Waals surface area contributed by atoms with Gasteiger partial charge < -0.3 is 9.47 Å². The molecule has 0 bridgehead atoms. The summed E-state index contributed by atoms with van der Waals surface area (Å²) in [7, 11) is 1.78. The van der Waals surface area contributed by atoms with Crippen molar-refractivity contribution in [3.63, 3.8) is 0 Å². The zero-order valence-electron chi connectivity index (χ0n) is 16.6. The number of hydrogen-bond acceptors (Lipinski definition) is 2. The summed E-state index contributed by atoms with van der Waals surface area (Å²) in [5, 5.41) is 0. The van der Waals surface area contributed by atoms with E-state index in [9.17, 15) is 13.2 Å². The number of allylic oxidation sites excluding steroid dienone is 2. The van der Waals surface area contributed by atoms with Gasteiger partial charge in [0.1, 0.15) is 5.75 Å².